The Hall–Kier alpha value is -4.13. The van der Waals surface area contributed by atoms with Crippen LogP contribution < -0.4 is 10.1 Å². The van der Waals surface area contributed by atoms with Gasteiger partial charge < -0.3 is 20.3 Å². The zero-order chi connectivity index (χ0) is 24.3. The van der Waals surface area contributed by atoms with Crippen molar-refractivity contribution in [2.24, 2.45) is 0 Å². The van der Waals surface area contributed by atoms with Gasteiger partial charge in [-0.15, -0.1) is 0 Å². The third-order valence-electron chi connectivity index (χ3n) is 5.20. The first-order valence-corrected chi connectivity index (χ1v) is 11.0. The number of rotatable bonds is 12. The number of carboxylic acids is 2. The van der Waals surface area contributed by atoms with Gasteiger partial charge in [-0.1, -0.05) is 48.5 Å². The van der Waals surface area contributed by atoms with E-state index in [2.05, 4.69) is 5.32 Å². The Morgan fingerprint density at radius 2 is 1.32 bits per heavy atom. The van der Waals surface area contributed by atoms with Crippen LogP contribution in [0.4, 0.5) is 0 Å². The highest BCUT2D eigenvalue weighted by Crippen LogP contribution is 2.23. The highest BCUT2D eigenvalue weighted by Gasteiger charge is 2.07. The van der Waals surface area contributed by atoms with Crippen molar-refractivity contribution < 1.29 is 29.3 Å². The van der Waals surface area contributed by atoms with Crippen LogP contribution in [0, 0.1) is 0 Å². The van der Waals surface area contributed by atoms with Gasteiger partial charge in [0, 0.05) is 19.4 Å². The smallest absolute Gasteiger partial charge is 0.303 e. The van der Waals surface area contributed by atoms with Crippen molar-refractivity contribution in [2.45, 2.75) is 38.8 Å². The lowest BCUT2D eigenvalue weighted by Crippen LogP contribution is -2.23. The summed E-state index contributed by atoms with van der Waals surface area (Å²) in [6, 6.07) is 23.2. The van der Waals surface area contributed by atoms with E-state index in [1.165, 1.54) is 0 Å². The summed E-state index contributed by atoms with van der Waals surface area (Å²) >= 11 is 0. The van der Waals surface area contributed by atoms with Crippen molar-refractivity contribution in [3.8, 4) is 16.9 Å². The number of carboxylic acid groups (broad SMARTS) is 2. The van der Waals surface area contributed by atoms with E-state index >= 15 is 0 Å². The SMILES string of the molecule is O=C(O)CCC(=O)NCc1cccc(-c2cccc(COc3ccc(CCC(=O)O)cc3)c2)c1. The Labute approximate surface area is 198 Å². The summed E-state index contributed by atoms with van der Waals surface area (Å²) in [6.45, 7) is 0.721. The molecule has 176 valence electrons. The third-order valence-corrected chi connectivity index (χ3v) is 5.20. The molecule has 1 amide bonds. The molecule has 0 aliphatic heterocycles. The molecule has 3 rings (SSSR count). The zero-order valence-corrected chi connectivity index (χ0v) is 18.7. The summed E-state index contributed by atoms with van der Waals surface area (Å²) in [7, 11) is 0. The van der Waals surface area contributed by atoms with Gasteiger partial charge in [-0.3, -0.25) is 14.4 Å². The minimum atomic E-state index is -0.992. The summed E-state index contributed by atoms with van der Waals surface area (Å²) in [5.41, 5.74) is 4.89. The fraction of sp³-hybridized carbons (Fsp3) is 0.222. The Kier molecular flexibility index (Phi) is 8.80. The monoisotopic (exact) mass is 461 g/mol. The van der Waals surface area contributed by atoms with Crippen molar-refractivity contribution in [2.75, 3.05) is 0 Å². The van der Waals surface area contributed by atoms with Crippen LogP contribution >= 0.6 is 0 Å². The fourth-order valence-corrected chi connectivity index (χ4v) is 3.38. The summed E-state index contributed by atoms with van der Waals surface area (Å²) < 4.78 is 5.89. The van der Waals surface area contributed by atoms with E-state index in [4.69, 9.17) is 14.9 Å². The van der Waals surface area contributed by atoms with E-state index in [1.54, 1.807) is 0 Å². The number of hydrogen-bond acceptors (Lipinski definition) is 4. The van der Waals surface area contributed by atoms with Gasteiger partial charge in [0.2, 0.25) is 5.91 Å². The topological polar surface area (TPSA) is 113 Å². The Balaban J connectivity index is 1.57. The number of aryl methyl sites for hydroxylation is 1. The second-order valence-corrected chi connectivity index (χ2v) is 7.90. The number of benzene rings is 3. The maximum atomic E-state index is 11.8. The molecule has 0 saturated heterocycles. The molecule has 7 heteroatoms. The van der Waals surface area contributed by atoms with Crippen molar-refractivity contribution in [3.63, 3.8) is 0 Å². The first kappa shape index (κ1) is 24.5. The van der Waals surface area contributed by atoms with Crippen LogP contribution in [0.5, 0.6) is 5.75 Å². The maximum Gasteiger partial charge on any atom is 0.303 e. The summed E-state index contributed by atoms with van der Waals surface area (Å²) in [4.78, 5) is 33.1. The lowest BCUT2D eigenvalue weighted by Gasteiger charge is -2.10. The molecule has 0 heterocycles. The molecule has 3 aromatic rings. The van der Waals surface area contributed by atoms with Crippen LogP contribution in [0.1, 0.15) is 36.0 Å². The van der Waals surface area contributed by atoms with Crippen LogP contribution in [0.15, 0.2) is 72.8 Å². The molecule has 0 spiro atoms. The minimum absolute atomic E-state index is 0.0396. The fourth-order valence-electron chi connectivity index (χ4n) is 3.38. The average Bonchev–Trinajstić information content (AvgIpc) is 2.84. The van der Waals surface area contributed by atoms with Gasteiger partial charge in [-0.25, -0.2) is 0 Å². The van der Waals surface area contributed by atoms with Gasteiger partial charge >= 0.3 is 11.9 Å². The first-order valence-electron chi connectivity index (χ1n) is 11.0. The Morgan fingerprint density at radius 1 is 0.706 bits per heavy atom. The van der Waals surface area contributed by atoms with E-state index in [0.29, 0.717) is 25.3 Å². The molecule has 34 heavy (non-hydrogen) atoms. The standard InChI is InChI=1S/C27H27NO6/c29-25(12-14-27(32)33)28-17-20-3-1-5-22(15-20)23-6-2-4-21(16-23)18-34-24-10-7-19(8-11-24)9-13-26(30)31/h1-8,10-11,15-16H,9,12-14,17-18H2,(H,28,29)(H,30,31)(H,32,33). The zero-order valence-electron chi connectivity index (χ0n) is 18.7. The quantitative estimate of drug-likeness (QED) is 0.368. The van der Waals surface area contributed by atoms with E-state index < -0.39 is 11.9 Å². The molecule has 0 aliphatic rings. The second kappa shape index (κ2) is 12.2. The number of carbonyl (C=O) groups is 3. The normalized spacial score (nSPS) is 10.5. The Bertz CT molecular complexity index is 1140. The number of aliphatic carboxylic acids is 2. The van der Waals surface area contributed by atoms with E-state index in [0.717, 1.165) is 27.8 Å². The first-order chi connectivity index (χ1) is 16.4. The predicted octanol–water partition coefficient (Wildman–Crippen LogP) is 4.43. The van der Waals surface area contributed by atoms with Gasteiger partial charge in [-0.2, -0.15) is 0 Å². The van der Waals surface area contributed by atoms with E-state index in [-0.39, 0.29) is 25.2 Å². The maximum absolute atomic E-state index is 11.8. The van der Waals surface area contributed by atoms with Crippen molar-refractivity contribution in [1.82, 2.24) is 5.32 Å². The van der Waals surface area contributed by atoms with Gasteiger partial charge in [0.1, 0.15) is 12.4 Å². The van der Waals surface area contributed by atoms with Crippen LogP contribution in [-0.4, -0.2) is 28.1 Å². The van der Waals surface area contributed by atoms with Crippen molar-refractivity contribution >= 4 is 17.8 Å². The number of carbonyl (C=O) groups excluding carboxylic acids is 1. The highest BCUT2D eigenvalue weighted by atomic mass is 16.5. The number of nitrogens with one attached hydrogen (secondary N) is 1. The van der Waals surface area contributed by atoms with Gasteiger partial charge in [-0.05, 0) is 58.5 Å². The van der Waals surface area contributed by atoms with Crippen LogP contribution in [0.25, 0.3) is 11.1 Å². The van der Waals surface area contributed by atoms with Gasteiger partial charge in [0.05, 0.1) is 6.42 Å². The molecule has 0 aliphatic carbocycles. The summed E-state index contributed by atoms with van der Waals surface area (Å²) in [5.74, 6) is -1.38. The third kappa shape index (κ3) is 8.09. The molecule has 0 aromatic heterocycles. The van der Waals surface area contributed by atoms with Crippen molar-refractivity contribution in [3.05, 3.63) is 89.5 Å². The average molecular weight is 462 g/mol. The number of hydrogen-bond donors (Lipinski definition) is 3. The molecular formula is C27H27NO6. The molecule has 0 radical (unpaired) electrons. The summed E-state index contributed by atoms with van der Waals surface area (Å²) in [5, 5.41) is 20.2. The molecule has 3 N–H and O–H groups in total. The van der Waals surface area contributed by atoms with Gasteiger partial charge in [0.25, 0.3) is 0 Å². The molecule has 0 fully saturated rings. The van der Waals surface area contributed by atoms with Gasteiger partial charge in [0.15, 0.2) is 0 Å². The molecule has 7 nitrogen and oxygen atoms in total. The molecule has 3 aromatic carbocycles. The number of amides is 1. The van der Waals surface area contributed by atoms with Crippen LogP contribution in [0.2, 0.25) is 0 Å². The van der Waals surface area contributed by atoms with E-state index in [9.17, 15) is 14.4 Å². The van der Waals surface area contributed by atoms with Crippen LogP contribution in [-0.2, 0) is 34.0 Å². The second-order valence-electron chi connectivity index (χ2n) is 7.90. The van der Waals surface area contributed by atoms with E-state index in [1.807, 2.05) is 72.8 Å². The molecule has 0 saturated carbocycles. The largest absolute Gasteiger partial charge is 0.489 e. The molecule has 0 bridgehead atoms. The Morgan fingerprint density at radius 3 is 1.97 bits per heavy atom. The highest BCUT2D eigenvalue weighted by molar-refractivity contribution is 5.80. The summed E-state index contributed by atoms with van der Waals surface area (Å²) in [6.07, 6.45) is 0.367. The lowest BCUT2D eigenvalue weighted by molar-refractivity contribution is -0.139. The lowest BCUT2D eigenvalue weighted by atomic mass is 10.0. The molecule has 0 unspecified atom stereocenters. The minimum Gasteiger partial charge on any atom is -0.489 e. The predicted molar refractivity (Wildman–Crippen MR) is 127 cm³/mol. The number of ether oxygens (including phenoxy) is 1. The molecule has 0 atom stereocenters. The van der Waals surface area contributed by atoms with Crippen molar-refractivity contribution in [1.29, 1.82) is 0 Å². The van der Waals surface area contributed by atoms with Crippen LogP contribution in [0.3, 0.4) is 0 Å². The molecular weight excluding hydrogens is 434 g/mol.